The smallest absolute Gasteiger partial charge is 0.0610 e. The van der Waals surface area contributed by atoms with Gasteiger partial charge in [0.1, 0.15) is 0 Å². The largest absolute Gasteiger partial charge is 0.395 e. The van der Waals surface area contributed by atoms with Crippen LogP contribution in [-0.4, -0.2) is 42.8 Å². The Labute approximate surface area is 194 Å². The van der Waals surface area contributed by atoms with Crippen LogP contribution in [0.15, 0.2) is 66.7 Å². The fourth-order valence-corrected chi connectivity index (χ4v) is 5.71. The number of benzene rings is 2. The first-order valence-corrected chi connectivity index (χ1v) is 12.7. The summed E-state index contributed by atoms with van der Waals surface area (Å²) >= 11 is 0. The molecule has 1 aliphatic heterocycles. The SMILES string of the molecule is C=C(CC1CCCCC1)CN1CCC[C@@H](c2cccc(N(CCO)c3ccccc3)c2)C1. The molecule has 0 unspecified atom stereocenters. The number of hydrogen-bond donors (Lipinski definition) is 1. The van der Waals surface area contributed by atoms with Crippen LogP contribution in [0.4, 0.5) is 11.4 Å². The van der Waals surface area contributed by atoms with Crippen LogP contribution < -0.4 is 4.90 Å². The minimum absolute atomic E-state index is 0.138. The summed E-state index contributed by atoms with van der Waals surface area (Å²) in [4.78, 5) is 4.85. The lowest BCUT2D eigenvalue weighted by Crippen LogP contribution is -2.36. The van der Waals surface area contributed by atoms with Crippen LogP contribution in [0.1, 0.15) is 62.8 Å². The zero-order valence-corrected chi connectivity index (χ0v) is 19.6. The highest BCUT2D eigenvalue weighted by Crippen LogP contribution is 2.33. The number of likely N-dealkylation sites (tertiary alicyclic amines) is 1. The Hall–Kier alpha value is -2.10. The van der Waals surface area contributed by atoms with Gasteiger partial charge in [-0.2, -0.15) is 0 Å². The van der Waals surface area contributed by atoms with Crippen LogP contribution >= 0.6 is 0 Å². The van der Waals surface area contributed by atoms with Gasteiger partial charge in [-0.1, -0.05) is 74.6 Å². The van der Waals surface area contributed by atoms with Crippen molar-refractivity contribution in [3.05, 3.63) is 72.3 Å². The van der Waals surface area contributed by atoms with Gasteiger partial charge in [-0.05, 0) is 67.5 Å². The number of aliphatic hydroxyl groups is 1. The van der Waals surface area contributed by atoms with Crippen LogP contribution in [0.25, 0.3) is 0 Å². The third kappa shape index (κ3) is 6.24. The molecule has 0 radical (unpaired) electrons. The third-order valence-electron chi connectivity index (χ3n) is 7.30. The van der Waals surface area contributed by atoms with E-state index in [4.69, 9.17) is 0 Å². The van der Waals surface area contributed by atoms with Gasteiger partial charge in [-0.25, -0.2) is 0 Å². The highest BCUT2D eigenvalue weighted by Gasteiger charge is 2.23. The first-order chi connectivity index (χ1) is 15.7. The van der Waals surface area contributed by atoms with Gasteiger partial charge >= 0.3 is 0 Å². The highest BCUT2D eigenvalue weighted by molar-refractivity contribution is 5.64. The summed E-state index contributed by atoms with van der Waals surface area (Å²) in [6, 6.07) is 19.4. The van der Waals surface area contributed by atoms with Gasteiger partial charge in [0, 0.05) is 31.0 Å². The molecule has 3 heteroatoms. The average molecular weight is 433 g/mol. The van der Waals surface area contributed by atoms with Gasteiger partial charge in [0.05, 0.1) is 6.61 Å². The molecule has 2 aromatic rings. The molecule has 2 fully saturated rings. The van der Waals surface area contributed by atoms with E-state index in [-0.39, 0.29) is 6.61 Å². The lowest BCUT2D eigenvalue weighted by Gasteiger charge is -2.34. The van der Waals surface area contributed by atoms with E-state index < -0.39 is 0 Å². The van der Waals surface area contributed by atoms with Crippen molar-refractivity contribution in [1.82, 2.24) is 4.90 Å². The molecule has 0 bridgehead atoms. The Balaban J connectivity index is 1.40. The van der Waals surface area contributed by atoms with E-state index in [0.29, 0.717) is 12.5 Å². The summed E-state index contributed by atoms with van der Waals surface area (Å²) in [5.74, 6) is 1.45. The minimum atomic E-state index is 0.138. The predicted molar refractivity (Wildman–Crippen MR) is 136 cm³/mol. The number of para-hydroxylation sites is 1. The third-order valence-corrected chi connectivity index (χ3v) is 7.30. The van der Waals surface area contributed by atoms with Crippen molar-refractivity contribution in [3.8, 4) is 0 Å². The topological polar surface area (TPSA) is 26.7 Å². The Morgan fingerprint density at radius 3 is 2.50 bits per heavy atom. The van der Waals surface area contributed by atoms with E-state index in [1.165, 1.54) is 74.7 Å². The molecule has 0 amide bonds. The van der Waals surface area contributed by atoms with Crippen molar-refractivity contribution in [1.29, 1.82) is 0 Å². The number of rotatable bonds is 9. The minimum Gasteiger partial charge on any atom is -0.395 e. The van der Waals surface area contributed by atoms with Gasteiger partial charge in [0.25, 0.3) is 0 Å². The fourth-order valence-electron chi connectivity index (χ4n) is 5.71. The van der Waals surface area contributed by atoms with Crippen molar-refractivity contribution < 1.29 is 5.11 Å². The summed E-state index contributed by atoms with van der Waals surface area (Å²) in [6.07, 6.45) is 10.8. The van der Waals surface area contributed by atoms with Gasteiger partial charge in [-0.3, -0.25) is 4.90 Å². The average Bonchev–Trinajstić information content (AvgIpc) is 2.84. The van der Waals surface area contributed by atoms with E-state index in [1.807, 2.05) is 6.07 Å². The molecular weight excluding hydrogens is 392 g/mol. The lowest BCUT2D eigenvalue weighted by atomic mass is 9.84. The Kier molecular flexibility index (Phi) is 8.42. The maximum absolute atomic E-state index is 9.66. The van der Waals surface area contributed by atoms with E-state index in [2.05, 4.69) is 64.9 Å². The van der Waals surface area contributed by atoms with Gasteiger partial charge in [-0.15, -0.1) is 0 Å². The molecule has 1 heterocycles. The second kappa shape index (κ2) is 11.7. The molecule has 1 saturated heterocycles. The van der Waals surface area contributed by atoms with Gasteiger partial charge < -0.3 is 10.0 Å². The Morgan fingerprint density at radius 2 is 1.72 bits per heavy atom. The molecule has 1 N–H and O–H groups in total. The van der Waals surface area contributed by atoms with Crippen molar-refractivity contribution in [2.75, 3.05) is 37.7 Å². The quantitative estimate of drug-likeness (QED) is 0.457. The van der Waals surface area contributed by atoms with Crippen LogP contribution in [0.2, 0.25) is 0 Å². The van der Waals surface area contributed by atoms with Crippen LogP contribution in [0, 0.1) is 5.92 Å². The maximum Gasteiger partial charge on any atom is 0.0610 e. The van der Waals surface area contributed by atoms with Gasteiger partial charge in [0.2, 0.25) is 0 Å². The molecule has 2 aliphatic rings. The molecule has 172 valence electrons. The summed E-state index contributed by atoms with van der Waals surface area (Å²) in [5.41, 5.74) is 5.15. The molecule has 2 aromatic carbocycles. The number of hydrogen-bond acceptors (Lipinski definition) is 3. The Bertz CT molecular complexity index is 843. The zero-order valence-electron chi connectivity index (χ0n) is 19.6. The molecule has 4 rings (SSSR count). The second-order valence-electron chi connectivity index (χ2n) is 9.84. The molecule has 0 spiro atoms. The zero-order chi connectivity index (χ0) is 22.2. The van der Waals surface area contributed by atoms with E-state index in [0.717, 1.165) is 24.7 Å². The highest BCUT2D eigenvalue weighted by atomic mass is 16.3. The summed E-state index contributed by atoms with van der Waals surface area (Å²) in [5, 5.41) is 9.66. The molecular formula is C29H40N2O. The van der Waals surface area contributed by atoms with Crippen molar-refractivity contribution in [3.63, 3.8) is 0 Å². The lowest BCUT2D eigenvalue weighted by molar-refractivity contribution is 0.219. The predicted octanol–water partition coefficient (Wildman–Crippen LogP) is 6.52. The molecule has 32 heavy (non-hydrogen) atoms. The van der Waals surface area contributed by atoms with Gasteiger partial charge in [0.15, 0.2) is 0 Å². The number of anilines is 2. The van der Waals surface area contributed by atoms with Crippen molar-refractivity contribution in [2.45, 2.75) is 57.3 Å². The molecule has 1 aliphatic carbocycles. The van der Waals surface area contributed by atoms with E-state index in [9.17, 15) is 5.11 Å². The maximum atomic E-state index is 9.66. The van der Waals surface area contributed by atoms with E-state index >= 15 is 0 Å². The summed E-state index contributed by atoms with van der Waals surface area (Å²) in [6.45, 7) is 8.58. The fraction of sp³-hybridized carbons (Fsp3) is 0.517. The first kappa shape index (κ1) is 23.1. The van der Waals surface area contributed by atoms with Crippen molar-refractivity contribution >= 4 is 11.4 Å². The van der Waals surface area contributed by atoms with Crippen LogP contribution in [-0.2, 0) is 0 Å². The summed E-state index contributed by atoms with van der Waals surface area (Å²) in [7, 11) is 0. The first-order valence-electron chi connectivity index (χ1n) is 12.7. The summed E-state index contributed by atoms with van der Waals surface area (Å²) < 4.78 is 0. The molecule has 1 atom stereocenters. The number of piperidine rings is 1. The van der Waals surface area contributed by atoms with Crippen LogP contribution in [0.5, 0.6) is 0 Å². The van der Waals surface area contributed by atoms with Crippen molar-refractivity contribution in [2.24, 2.45) is 5.92 Å². The Morgan fingerprint density at radius 1 is 0.938 bits per heavy atom. The van der Waals surface area contributed by atoms with E-state index in [1.54, 1.807) is 0 Å². The number of aliphatic hydroxyl groups excluding tert-OH is 1. The monoisotopic (exact) mass is 432 g/mol. The molecule has 0 aromatic heterocycles. The molecule has 3 nitrogen and oxygen atoms in total. The molecule has 1 saturated carbocycles. The second-order valence-corrected chi connectivity index (χ2v) is 9.84. The normalized spacial score (nSPS) is 20.2. The standard InChI is InChI=1S/C29H40N2O/c1-24(20-25-10-4-2-5-11-25)22-30-17-9-13-27(23-30)26-12-8-16-29(21-26)31(18-19-32)28-14-6-3-7-15-28/h3,6-8,12,14-16,21,25,27,32H,1-2,4-5,9-11,13,17-20,22-23H2/t27-/m1/s1. The number of nitrogens with zero attached hydrogens (tertiary/aromatic N) is 2. The van der Waals surface area contributed by atoms with Crippen LogP contribution in [0.3, 0.4) is 0 Å².